The summed E-state index contributed by atoms with van der Waals surface area (Å²) in [5, 5.41) is 0. The zero-order valence-electron chi connectivity index (χ0n) is 19.6. The molecule has 1 spiro atoms. The summed E-state index contributed by atoms with van der Waals surface area (Å²) < 4.78 is 0. The van der Waals surface area contributed by atoms with Gasteiger partial charge in [0.15, 0.2) is 0 Å². The minimum Gasteiger partial charge on any atom is -0.317 e. The molecule has 1 saturated heterocycles. The van der Waals surface area contributed by atoms with Gasteiger partial charge in [-0.25, -0.2) is 14.8 Å². The molecule has 1 aliphatic heterocycles. The normalized spacial score (nSPS) is 28.6. The van der Waals surface area contributed by atoms with Crippen LogP contribution in [0.15, 0.2) is 42.7 Å². The molecule has 0 bridgehead atoms. The molecule has 1 aromatic heterocycles. The van der Waals surface area contributed by atoms with Crippen molar-refractivity contribution in [3.05, 3.63) is 54.1 Å². The third kappa shape index (κ3) is 3.49. The summed E-state index contributed by atoms with van der Waals surface area (Å²) in [4.78, 5) is 29.0. The molecule has 2 saturated carbocycles. The van der Waals surface area contributed by atoms with Gasteiger partial charge in [0.25, 0.3) is 0 Å². The predicted molar refractivity (Wildman–Crippen MR) is 127 cm³/mol. The molecule has 6 heteroatoms. The number of urea groups is 1. The van der Waals surface area contributed by atoms with Gasteiger partial charge in [0.05, 0.1) is 30.2 Å². The van der Waals surface area contributed by atoms with E-state index in [4.69, 9.17) is 0 Å². The number of carbonyl (C=O) groups is 1. The van der Waals surface area contributed by atoms with Crippen molar-refractivity contribution in [1.82, 2.24) is 19.8 Å². The molecule has 2 heterocycles. The van der Waals surface area contributed by atoms with Gasteiger partial charge in [0.1, 0.15) is 5.82 Å². The van der Waals surface area contributed by atoms with Crippen LogP contribution in [-0.4, -0.2) is 58.5 Å². The Morgan fingerprint density at radius 3 is 2.25 bits per heavy atom. The number of hydrogen-bond acceptors (Lipinski definition) is 4. The third-order valence-electron chi connectivity index (χ3n) is 8.41. The molecule has 1 aromatic carbocycles. The summed E-state index contributed by atoms with van der Waals surface area (Å²) in [5.74, 6) is 1.39. The van der Waals surface area contributed by atoms with Crippen LogP contribution in [0.4, 0.5) is 10.5 Å². The molecule has 2 aliphatic carbocycles. The molecule has 170 valence electrons. The number of aryl methyl sites for hydroxylation is 1. The summed E-state index contributed by atoms with van der Waals surface area (Å²) >= 11 is 0. The number of rotatable bonds is 5. The molecule has 2 amide bonds. The van der Waals surface area contributed by atoms with Crippen LogP contribution in [0.5, 0.6) is 0 Å². The van der Waals surface area contributed by atoms with Gasteiger partial charge in [0.2, 0.25) is 0 Å². The number of anilines is 1. The maximum absolute atomic E-state index is 13.7. The highest BCUT2D eigenvalue weighted by atomic mass is 16.2. The third-order valence-corrected chi connectivity index (χ3v) is 8.41. The lowest BCUT2D eigenvalue weighted by molar-refractivity contribution is 0.0172. The number of carbonyl (C=O) groups excluding carboxylic acids is 1. The molecule has 5 rings (SSSR count). The van der Waals surface area contributed by atoms with Crippen molar-refractivity contribution in [3.63, 3.8) is 0 Å². The van der Waals surface area contributed by atoms with Crippen LogP contribution in [-0.2, 0) is 5.54 Å². The minimum atomic E-state index is -0.105. The highest BCUT2D eigenvalue weighted by molar-refractivity contribution is 5.95. The van der Waals surface area contributed by atoms with E-state index in [-0.39, 0.29) is 17.1 Å². The molecule has 0 radical (unpaired) electrons. The van der Waals surface area contributed by atoms with E-state index in [1.54, 1.807) is 12.4 Å². The van der Waals surface area contributed by atoms with Crippen molar-refractivity contribution in [1.29, 1.82) is 0 Å². The van der Waals surface area contributed by atoms with Crippen LogP contribution in [0.3, 0.4) is 0 Å². The van der Waals surface area contributed by atoms with Gasteiger partial charge in [-0.3, -0.25) is 9.80 Å². The number of nitrogens with zero attached hydrogens (tertiary/aromatic N) is 5. The lowest BCUT2D eigenvalue weighted by Gasteiger charge is -2.51. The van der Waals surface area contributed by atoms with Crippen LogP contribution in [0, 0.1) is 12.8 Å². The molecular weight excluding hydrogens is 398 g/mol. The number of benzene rings is 1. The summed E-state index contributed by atoms with van der Waals surface area (Å²) in [6.45, 7) is 3.51. The SMILES string of the molecule is Cc1ncc(N2CC3(CCC(c4ccccc4)(N(C)C)CC3)N(CC3CCC3)C2=O)cn1. The topological polar surface area (TPSA) is 52.6 Å². The van der Waals surface area contributed by atoms with Crippen molar-refractivity contribution in [2.75, 3.05) is 32.1 Å². The van der Waals surface area contributed by atoms with Crippen LogP contribution >= 0.6 is 0 Å². The Balaban J connectivity index is 1.44. The molecule has 2 aromatic rings. The molecular formula is C26H35N5O. The Bertz CT molecular complexity index is 946. The number of hydrogen-bond donors (Lipinski definition) is 0. The first-order chi connectivity index (χ1) is 15.4. The average Bonchev–Trinajstić information content (AvgIpc) is 3.04. The summed E-state index contributed by atoms with van der Waals surface area (Å²) in [6.07, 6.45) is 11.5. The van der Waals surface area contributed by atoms with Gasteiger partial charge in [-0.05, 0) is 71.0 Å². The monoisotopic (exact) mass is 433 g/mol. The zero-order valence-corrected chi connectivity index (χ0v) is 19.6. The van der Waals surface area contributed by atoms with E-state index in [2.05, 4.69) is 64.2 Å². The Kier molecular flexibility index (Phi) is 5.44. The van der Waals surface area contributed by atoms with E-state index in [1.165, 1.54) is 24.8 Å². The molecule has 0 N–H and O–H groups in total. The average molecular weight is 434 g/mol. The quantitative estimate of drug-likeness (QED) is 0.692. The molecule has 6 nitrogen and oxygen atoms in total. The summed E-state index contributed by atoms with van der Waals surface area (Å²) in [5.41, 5.74) is 2.13. The first-order valence-electron chi connectivity index (χ1n) is 12.0. The predicted octanol–water partition coefficient (Wildman–Crippen LogP) is 4.60. The lowest BCUT2D eigenvalue weighted by Crippen LogP contribution is -2.56. The van der Waals surface area contributed by atoms with Gasteiger partial charge < -0.3 is 4.90 Å². The fraction of sp³-hybridized carbons (Fsp3) is 0.577. The van der Waals surface area contributed by atoms with E-state index in [1.807, 2.05) is 11.8 Å². The van der Waals surface area contributed by atoms with Crippen molar-refractivity contribution in [3.8, 4) is 0 Å². The van der Waals surface area contributed by atoms with Crippen molar-refractivity contribution < 1.29 is 4.79 Å². The fourth-order valence-corrected chi connectivity index (χ4v) is 6.03. The smallest absolute Gasteiger partial charge is 0.317 e. The van der Waals surface area contributed by atoms with Crippen LogP contribution in [0.1, 0.15) is 56.3 Å². The Morgan fingerprint density at radius 2 is 1.69 bits per heavy atom. The second-order valence-electron chi connectivity index (χ2n) is 10.3. The second kappa shape index (κ2) is 8.14. The second-order valence-corrected chi connectivity index (χ2v) is 10.3. The van der Waals surface area contributed by atoms with Crippen molar-refractivity contribution in [2.24, 2.45) is 5.92 Å². The summed E-state index contributed by atoms with van der Waals surface area (Å²) in [6, 6.07) is 11.0. The molecule has 0 atom stereocenters. The maximum Gasteiger partial charge on any atom is 0.325 e. The highest BCUT2D eigenvalue weighted by Gasteiger charge is 2.55. The van der Waals surface area contributed by atoms with E-state index >= 15 is 0 Å². The lowest BCUT2D eigenvalue weighted by atomic mass is 9.68. The van der Waals surface area contributed by atoms with E-state index < -0.39 is 0 Å². The maximum atomic E-state index is 13.7. The standard InChI is InChI=1S/C26H35N5O/c1-20-27-16-23(17-28-20)30-19-25(31(24(30)32)18-21-8-7-9-21)12-14-26(15-13-25,29(2)3)22-10-5-4-6-11-22/h4-6,10-11,16-17,21H,7-9,12-15,18-19H2,1-3H3. The molecule has 3 aliphatic rings. The van der Waals surface area contributed by atoms with Crippen LogP contribution < -0.4 is 4.90 Å². The van der Waals surface area contributed by atoms with Gasteiger partial charge in [-0.2, -0.15) is 0 Å². The Labute approximate surface area is 191 Å². The molecule has 0 unspecified atom stereocenters. The number of amides is 2. The fourth-order valence-electron chi connectivity index (χ4n) is 6.03. The first kappa shape index (κ1) is 21.4. The Hall–Kier alpha value is -2.47. The van der Waals surface area contributed by atoms with Gasteiger partial charge in [-0.1, -0.05) is 36.8 Å². The van der Waals surface area contributed by atoms with E-state index in [0.717, 1.165) is 50.3 Å². The van der Waals surface area contributed by atoms with Crippen LogP contribution in [0.25, 0.3) is 0 Å². The van der Waals surface area contributed by atoms with E-state index in [9.17, 15) is 4.79 Å². The minimum absolute atomic E-state index is 0.0259. The molecule has 32 heavy (non-hydrogen) atoms. The van der Waals surface area contributed by atoms with Gasteiger partial charge >= 0.3 is 6.03 Å². The first-order valence-corrected chi connectivity index (χ1v) is 12.0. The highest BCUT2D eigenvalue weighted by Crippen LogP contribution is 2.50. The van der Waals surface area contributed by atoms with Crippen molar-refractivity contribution in [2.45, 2.75) is 62.9 Å². The largest absolute Gasteiger partial charge is 0.325 e. The van der Waals surface area contributed by atoms with E-state index in [0.29, 0.717) is 5.92 Å². The van der Waals surface area contributed by atoms with Gasteiger partial charge in [-0.15, -0.1) is 0 Å². The van der Waals surface area contributed by atoms with Crippen molar-refractivity contribution >= 4 is 11.7 Å². The zero-order chi connectivity index (χ0) is 22.3. The van der Waals surface area contributed by atoms with Crippen LogP contribution in [0.2, 0.25) is 0 Å². The van der Waals surface area contributed by atoms with Gasteiger partial charge in [0, 0.05) is 12.1 Å². The molecule has 3 fully saturated rings. The Morgan fingerprint density at radius 1 is 1.03 bits per heavy atom. The number of aromatic nitrogens is 2. The summed E-state index contributed by atoms with van der Waals surface area (Å²) in [7, 11) is 4.40.